The number of ether oxygens (including phenoxy) is 1. The Bertz CT molecular complexity index is 1410. The van der Waals surface area contributed by atoms with Crippen molar-refractivity contribution in [2.24, 2.45) is 0 Å². The van der Waals surface area contributed by atoms with Crippen LogP contribution in [0.4, 0.5) is 0 Å². The first kappa shape index (κ1) is 23.7. The summed E-state index contributed by atoms with van der Waals surface area (Å²) in [5.41, 5.74) is 2.63. The Hall–Kier alpha value is -4.06. The van der Waals surface area contributed by atoms with Crippen molar-refractivity contribution in [2.45, 2.75) is 32.5 Å². The first-order valence-electron chi connectivity index (χ1n) is 12.3. The number of amides is 2. The van der Waals surface area contributed by atoms with Gasteiger partial charge in [-0.15, -0.1) is 0 Å². The maximum atomic E-state index is 13.8. The van der Waals surface area contributed by atoms with Crippen LogP contribution in [0.2, 0.25) is 0 Å². The van der Waals surface area contributed by atoms with E-state index < -0.39 is 0 Å². The van der Waals surface area contributed by atoms with Gasteiger partial charge in [0.1, 0.15) is 12.3 Å². The van der Waals surface area contributed by atoms with Gasteiger partial charge < -0.3 is 19.1 Å². The molecule has 0 radical (unpaired) electrons. The van der Waals surface area contributed by atoms with Gasteiger partial charge in [0.15, 0.2) is 0 Å². The van der Waals surface area contributed by atoms with Crippen molar-refractivity contribution in [1.29, 1.82) is 0 Å². The predicted molar refractivity (Wildman–Crippen MR) is 141 cm³/mol. The summed E-state index contributed by atoms with van der Waals surface area (Å²) in [6.07, 6.45) is 2.05. The molecule has 1 atom stereocenters. The van der Waals surface area contributed by atoms with Gasteiger partial charge in [0.05, 0.1) is 13.2 Å². The molecule has 4 aromatic rings. The van der Waals surface area contributed by atoms with Crippen molar-refractivity contribution < 1.29 is 14.3 Å². The van der Waals surface area contributed by atoms with Crippen molar-refractivity contribution >= 4 is 22.6 Å². The molecule has 0 N–H and O–H groups in total. The van der Waals surface area contributed by atoms with Gasteiger partial charge in [-0.25, -0.2) is 0 Å². The van der Waals surface area contributed by atoms with E-state index in [0.717, 1.165) is 34.3 Å². The Morgan fingerprint density at radius 1 is 0.944 bits per heavy atom. The van der Waals surface area contributed by atoms with Crippen molar-refractivity contribution in [2.75, 3.05) is 20.2 Å². The van der Waals surface area contributed by atoms with E-state index in [0.29, 0.717) is 12.1 Å². The number of nitrogens with zero attached hydrogens (tertiary/aromatic N) is 3. The Labute approximate surface area is 211 Å². The molecule has 2 heterocycles. The Kier molecular flexibility index (Phi) is 6.51. The molecule has 0 aliphatic carbocycles. The number of benzene rings is 3. The third-order valence-electron chi connectivity index (χ3n) is 6.95. The zero-order valence-electron chi connectivity index (χ0n) is 20.9. The largest absolute Gasteiger partial charge is 0.497 e. The molecule has 1 aliphatic heterocycles. The molecular weight excluding hydrogens is 450 g/mol. The van der Waals surface area contributed by atoms with Crippen LogP contribution in [-0.2, 0) is 11.3 Å². The van der Waals surface area contributed by atoms with Crippen molar-refractivity contribution in [3.63, 3.8) is 0 Å². The highest BCUT2D eigenvalue weighted by molar-refractivity contribution is 6.00. The van der Waals surface area contributed by atoms with Gasteiger partial charge in [-0.1, -0.05) is 42.5 Å². The second-order valence-corrected chi connectivity index (χ2v) is 9.48. The quantitative estimate of drug-likeness (QED) is 0.384. The summed E-state index contributed by atoms with van der Waals surface area (Å²) in [6.45, 7) is 5.21. The minimum Gasteiger partial charge on any atom is -0.497 e. The Morgan fingerprint density at radius 2 is 1.75 bits per heavy atom. The van der Waals surface area contributed by atoms with E-state index in [1.807, 2.05) is 97.7 Å². The van der Waals surface area contributed by atoms with Gasteiger partial charge in [0, 0.05) is 36.6 Å². The summed E-state index contributed by atoms with van der Waals surface area (Å²) in [7, 11) is 1.64. The lowest BCUT2D eigenvalue weighted by atomic mass is 9.99. The molecule has 0 saturated carbocycles. The lowest BCUT2D eigenvalue weighted by molar-refractivity contribution is -0.135. The van der Waals surface area contributed by atoms with E-state index in [4.69, 9.17) is 4.74 Å². The average molecular weight is 482 g/mol. The highest BCUT2D eigenvalue weighted by atomic mass is 16.5. The number of hydrogen-bond donors (Lipinski definition) is 0. The van der Waals surface area contributed by atoms with Gasteiger partial charge in [0.2, 0.25) is 5.91 Å². The third kappa shape index (κ3) is 4.47. The molecule has 1 aliphatic rings. The first-order valence-corrected chi connectivity index (χ1v) is 12.3. The molecule has 0 fully saturated rings. The van der Waals surface area contributed by atoms with E-state index in [1.165, 1.54) is 0 Å². The molecule has 0 spiro atoms. The molecule has 36 heavy (non-hydrogen) atoms. The molecule has 5 rings (SSSR count). The third-order valence-corrected chi connectivity index (χ3v) is 6.95. The molecule has 2 amide bonds. The monoisotopic (exact) mass is 481 g/mol. The van der Waals surface area contributed by atoms with Crippen LogP contribution in [-0.4, -0.2) is 52.4 Å². The second-order valence-electron chi connectivity index (χ2n) is 9.48. The average Bonchev–Trinajstić information content (AvgIpc) is 3.39. The number of fused-ring (bicyclic) bond motifs is 2. The van der Waals surface area contributed by atoms with Crippen LogP contribution in [0.1, 0.15) is 41.5 Å². The van der Waals surface area contributed by atoms with Gasteiger partial charge in [0.25, 0.3) is 5.91 Å². The lowest BCUT2D eigenvalue weighted by Gasteiger charge is -2.39. The van der Waals surface area contributed by atoms with Gasteiger partial charge in [-0.05, 0) is 66.6 Å². The SMILES string of the molecule is COc1cccc(C2c3cccn3CCN2C(=O)CN(C(=O)c2ccc3ccccc3c2)C(C)C)c1. The summed E-state index contributed by atoms with van der Waals surface area (Å²) in [5, 5.41) is 2.09. The van der Waals surface area contributed by atoms with E-state index in [-0.39, 0.29) is 30.4 Å². The van der Waals surface area contributed by atoms with Crippen LogP contribution in [0.15, 0.2) is 85.1 Å². The summed E-state index contributed by atoms with van der Waals surface area (Å²) < 4.78 is 7.64. The molecule has 0 bridgehead atoms. The first-order chi connectivity index (χ1) is 17.5. The minimum atomic E-state index is -0.249. The maximum Gasteiger partial charge on any atom is 0.254 e. The molecule has 184 valence electrons. The van der Waals surface area contributed by atoms with Crippen LogP contribution >= 0.6 is 0 Å². The maximum absolute atomic E-state index is 13.8. The van der Waals surface area contributed by atoms with E-state index in [1.54, 1.807) is 12.0 Å². The molecular formula is C30H31N3O3. The number of hydrogen-bond acceptors (Lipinski definition) is 3. The van der Waals surface area contributed by atoms with Gasteiger partial charge >= 0.3 is 0 Å². The zero-order chi connectivity index (χ0) is 25.2. The number of aromatic nitrogens is 1. The van der Waals surface area contributed by atoms with Crippen molar-refractivity contribution in [3.05, 3.63) is 102 Å². The van der Waals surface area contributed by atoms with E-state index in [9.17, 15) is 9.59 Å². The topological polar surface area (TPSA) is 54.8 Å². The Balaban J connectivity index is 1.44. The molecule has 1 unspecified atom stereocenters. The van der Waals surface area contributed by atoms with Crippen LogP contribution < -0.4 is 4.74 Å². The number of rotatable bonds is 6. The summed E-state index contributed by atoms with van der Waals surface area (Å²) in [4.78, 5) is 31.0. The van der Waals surface area contributed by atoms with Crippen LogP contribution in [0.3, 0.4) is 0 Å². The van der Waals surface area contributed by atoms with Gasteiger partial charge in [-0.2, -0.15) is 0 Å². The fraction of sp³-hybridized carbons (Fsp3) is 0.267. The Morgan fingerprint density at radius 3 is 2.53 bits per heavy atom. The number of carbonyl (C=O) groups is 2. The van der Waals surface area contributed by atoms with Crippen molar-refractivity contribution in [3.8, 4) is 5.75 Å². The number of methoxy groups -OCH3 is 1. The zero-order valence-corrected chi connectivity index (χ0v) is 20.9. The fourth-order valence-electron chi connectivity index (χ4n) is 5.03. The number of carbonyl (C=O) groups excluding carboxylic acids is 2. The minimum absolute atomic E-state index is 0.0184. The van der Waals surface area contributed by atoms with Crippen molar-refractivity contribution in [1.82, 2.24) is 14.4 Å². The van der Waals surface area contributed by atoms with Crippen LogP contribution in [0.25, 0.3) is 10.8 Å². The lowest BCUT2D eigenvalue weighted by Crippen LogP contribution is -2.49. The standard InChI is InChI=1S/C30H31N3O3/c1-21(2)33(30(35)25-14-13-22-8-4-5-9-23(22)18-25)20-28(34)32-17-16-31-15-7-12-27(31)29(32)24-10-6-11-26(19-24)36-3/h4-15,18-19,21,29H,16-17,20H2,1-3H3. The normalized spacial score (nSPS) is 15.1. The molecule has 0 saturated heterocycles. The molecule has 6 heteroatoms. The molecule has 1 aromatic heterocycles. The van der Waals surface area contributed by atoms with Gasteiger partial charge in [-0.3, -0.25) is 9.59 Å². The second kappa shape index (κ2) is 9.90. The highest BCUT2D eigenvalue weighted by Crippen LogP contribution is 2.34. The summed E-state index contributed by atoms with van der Waals surface area (Å²) >= 11 is 0. The fourth-order valence-corrected chi connectivity index (χ4v) is 5.03. The highest BCUT2D eigenvalue weighted by Gasteiger charge is 2.34. The van der Waals surface area contributed by atoms with Crippen LogP contribution in [0.5, 0.6) is 5.75 Å². The van der Waals surface area contributed by atoms with Crippen LogP contribution in [0, 0.1) is 0 Å². The predicted octanol–water partition coefficient (Wildman–Crippen LogP) is 5.13. The molecule has 6 nitrogen and oxygen atoms in total. The smallest absolute Gasteiger partial charge is 0.254 e. The van der Waals surface area contributed by atoms with E-state index in [2.05, 4.69) is 10.6 Å². The summed E-state index contributed by atoms with van der Waals surface area (Å²) in [6, 6.07) is 25.2. The summed E-state index contributed by atoms with van der Waals surface area (Å²) in [5.74, 6) is 0.541. The molecule has 3 aromatic carbocycles. The van der Waals surface area contributed by atoms with E-state index >= 15 is 0 Å².